The highest BCUT2D eigenvalue weighted by molar-refractivity contribution is 5.85. The molecule has 2 amide bonds. The molecule has 0 saturated carbocycles. The van der Waals surface area contributed by atoms with Gasteiger partial charge >= 0.3 is 6.09 Å². The van der Waals surface area contributed by atoms with Crippen LogP contribution in [0.3, 0.4) is 0 Å². The van der Waals surface area contributed by atoms with Crippen LogP contribution < -0.4 is 21.7 Å². The fraction of sp³-hybridized carbons (Fsp3) is 0.471. The lowest BCUT2D eigenvalue weighted by Crippen LogP contribution is -2.49. The second kappa shape index (κ2) is 10.9. The molecule has 25 heavy (non-hydrogen) atoms. The number of rotatable bonds is 10. The summed E-state index contributed by atoms with van der Waals surface area (Å²) in [6.07, 6.45) is 1.15. The summed E-state index contributed by atoms with van der Waals surface area (Å²) in [5.41, 5.74) is 6.29. The van der Waals surface area contributed by atoms with E-state index in [1.54, 1.807) is 0 Å². The minimum atomic E-state index is -1.22. The smallest absolute Gasteiger partial charge is 0.405 e. The number of benzene rings is 1. The first kappa shape index (κ1) is 20.3. The molecule has 0 saturated heterocycles. The Bertz CT molecular complexity index is 565. The standard InChI is InChI=1S/C17H27N5O3/c1-12(11-13-7-3-2-4-8-13)21-15(23)14(22-17(24)25)9-5-6-10-20-16(18)19/h2-4,7-8,12,14,22H,5-6,9-11H2,1H3,(H,21,23)(H,24,25)(H4,18,19,20). The van der Waals surface area contributed by atoms with E-state index in [4.69, 9.17) is 16.2 Å². The Balaban J connectivity index is 2.45. The summed E-state index contributed by atoms with van der Waals surface area (Å²) in [7, 11) is 0. The van der Waals surface area contributed by atoms with Crippen LogP contribution in [0.2, 0.25) is 0 Å². The van der Waals surface area contributed by atoms with Crippen molar-refractivity contribution in [2.24, 2.45) is 5.73 Å². The van der Waals surface area contributed by atoms with Gasteiger partial charge in [-0.3, -0.25) is 10.2 Å². The zero-order valence-electron chi connectivity index (χ0n) is 14.4. The molecule has 1 rings (SSSR count). The van der Waals surface area contributed by atoms with Crippen molar-refractivity contribution < 1.29 is 14.7 Å². The molecule has 8 nitrogen and oxygen atoms in total. The Morgan fingerprint density at radius 2 is 1.88 bits per heavy atom. The zero-order valence-corrected chi connectivity index (χ0v) is 14.4. The van der Waals surface area contributed by atoms with E-state index in [2.05, 4.69) is 16.0 Å². The van der Waals surface area contributed by atoms with Crippen molar-refractivity contribution in [3.63, 3.8) is 0 Å². The van der Waals surface area contributed by atoms with E-state index in [9.17, 15) is 9.59 Å². The number of hydrogen-bond acceptors (Lipinski definition) is 3. The number of carbonyl (C=O) groups is 2. The summed E-state index contributed by atoms with van der Waals surface area (Å²) in [4.78, 5) is 23.3. The zero-order chi connectivity index (χ0) is 18.7. The molecule has 0 aliphatic carbocycles. The monoisotopic (exact) mass is 349 g/mol. The first-order chi connectivity index (χ1) is 11.9. The predicted molar refractivity (Wildman–Crippen MR) is 96.5 cm³/mol. The van der Waals surface area contributed by atoms with Crippen LogP contribution in [0.15, 0.2) is 30.3 Å². The van der Waals surface area contributed by atoms with Gasteiger partial charge in [0.2, 0.25) is 5.91 Å². The van der Waals surface area contributed by atoms with Crippen LogP contribution in [0.1, 0.15) is 31.7 Å². The van der Waals surface area contributed by atoms with Gasteiger partial charge in [-0.2, -0.15) is 0 Å². The van der Waals surface area contributed by atoms with Gasteiger partial charge in [0.15, 0.2) is 5.96 Å². The van der Waals surface area contributed by atoms with Gasteiger partial charge in [0, 0.05) is 12.6 Å². The third-order valence-electron chi connectivity index (χ3n) is 3.62. The van der Waals surface area contributed by atoms with Crippen molar-refractivity contribution in [1.82, 2.24) is 16.0 Å². The van der Waals surface area contributed by atoms with Crippen LogP contribution in [0.5, 0.6) is 0 Å². The van der Waals surface area contributed by atoms with Crippen molar-refractivity contribution in [3.05, 3.63) is 35.9 Å². The van der Waals surface area contributed by atoms with Gasteiger partial charge < -0.3 is 26.8 Å². The third-order valence-corrected chi connectivity index (χ3v) is 3.62. The Labute approximate surface area is 147 Å². The maximum atomic E-state index is 12.3. The SMILES string of the molecule is CC(Cc1ccccc1)NC(=O)C(CCCCNC(=N)N)NC(=O)O. The number of unbranched alkanes of at least 4 members (excludes halogenated alkanes) is 1. The molecule has 0 aliphatic heterocycles. The molecule has 1 aromatic rings. The molecule has 7 N–H and O–H groups in total. The van der Waals surface area contributed by atoms with Gasteiger partial charge in [0.05, 0.1) is 0 Å². The van der Waals surface area contributed by atoms with Gasteiger partial charge in [-0.1, -0.05) is 30.3 Å². The molecular formula is C17H27N5O3. The fourth-order valence-electron chi connectivity index (χ4n) is 2.48. The molecule has 0 fully saturated rings. The maximum absolute atomic E-state index is 12.3. The van der Waals surface area contributed by atoms with Crippen LogP contribution in [0, 0.1) is 5.41 Å². The topological polar surface area (TPSA) is 140 Å². The van der Waals surface area contributed by atoms with E-state index >= 15 is 0 Å². The molecule has 138 valence electrons. The molecule has 2 atom stereocenters. The Morgan fingerprint density at radius 3 is 2.48 bits per heavy atom. The minimum Gasteiger partial charge on any atom is -0.465 e. The third kappa shape index (κ3) is 9.19. The summed E-state index contributed by atoms with van der Waals surface area (Å²) in [5, 5.41) is 23.8. The van der Waals surface area contributed by atoms with Crippen LogP contribution in [0.25, 0.3) is 0 Å². The van der Waals surface area contributed by atoms with E-state index in [0.717, 1.165) is 5.56 Å². The Hall–Kier alpha value is -2.77. The number of nitrogens with two attached hydrogens (primary N) is 1. The molecule has 2 unspecified atom stereocenters. The summed E-state index contributed by atoms with van der Waals surface area (Å²) in [6.45, 7) is 2.40. The van der Waals surface area contributed by atoms with Crippen LogP contribution in [-0.4, -0.2) is 41.7 Å². The van der Waals surface area contributed by atoms with E-state index in [-0.39, 0.29) is 17.9 Å². The van der Waals surface area contributed by atoms with Gasteiger partial charge in [-0.15, -0.1) is 0 Å². The van der Waals surface area contributed by atoms with Gasteiger partial charge in [-0.05, 0) is 38.2 Å². The number of guanidine groups is 1. The number of carbonyl (C=O) groups excluding carboxylic acids is 1. The average molecular weight is 349 g/mol. The van der Waals surface area contributed by atoms with Crippen molar-refractivity contribution in [1.29, 1.82) is 5.41 Å². The molecule has 0 aromatic heterocycles. The number of nitrogens with one attached hydrogen (secondary N) is 4. The number of hydrogen-bond donors (Lipinski definition) is 6. The summed E-state index contributed by atoms with van der Waals surface area (Å²) in [5.74, 6) is -0.432. The maximum Gasteiger partial charge on any atom is 0.405 e. The molecule has 0 bridgehead atoms. The lowest BCUT2D eigenvalue weighted by molar-refractivity contribution is -0.123. The highest BCUT2D eigenvalue weighted by Gasteiger charge is 2.21. The quantitative estimate of drug-likeness (QED) is 0.213. The average Bonchev–Trinajstić information content (AvgIpc) is 2.53. The van der Waals surface area contributed by atoms with Gasteiger partial charge in [-0.25, -0.2) is 4.79 Å². The molecule has 1 aromatic carbocycles. The lowest BCUT2D eigenvalue weighted by atomic mass is 10.1. The first-order valence-electron chi connectivity index (χ1n) is 8.30. The van der Waals surface area contributed by atoms with E-state index in [1.165, 1.54) is 0 Å². The van der Waals surface area contributed by atoms with E-state index < -0.39 is 12.1 Å². The molecule has 0 spiro atoms. The molecule has 0 aliphatic rings. The van der Waals surface area contributed by atoms with Crippen LogP contribution in [0.4, 0.5) is 4.79 Å². The van der Waals surface area contributed by atoms with Crippen molar-refractivity contribution in [3.8, 4) is 0 Å². The van der Waals surface area contributed by atoms with Gasteiger partial charge in [0.1, 0.15) is 6.04 Å². The van der Waals surface area contributed by atoms with Crippen molar-refractivity contribution in [2.45, 2.75) is 44.7 Å². The largest absolute Gasteiger partial charge is 0.465 e. The van der Waals surface area contributed by atoms with Crippen LogP contribution >= 0.6 is 0 Å². The lowest BCUT2D eigenvalue weighted by Gasteiger charge is -2.20. The van der Waals surface area contributed by atoms with E-state index in [0.29, 0.717) is 32.2 Å². The summed E-state index contributed by atoms with van der Waals surface area (Å²) in [6, 6.07) is 8.87. The highest BCUT2D eigenvalue weighted by atomic mass is 16.4. The fourth-order valence-corrected chi connectivity index (χ4v) is 2.48. The van der Waals surface area contributed by atoms with Gasteiger partial charge in [0.25, 0.3) is 0 Å². The van der Waals surface area contributed by atoms with Crippen LogP contribution in [-0.2, 0) is 11.2 Å². The Morgan fingerprint density at radius 1 is 1.20 bits per heavy atom. The minimum absolute atomic E-state index is 0.104. The number of carboxylic acid groups (broad SMARTS) is 1. The second-order valence-electron chi connectivity index (χ2n) is 5.94. The summed E-state index contributed by atoms with van der Waals surface area (Å²) < 4.78 is 0. The molecule has 0 heterocycles. The molecule has 0 radical (unpaired) electrons. The predicted octanol–water partition coefficient (Wildman–Crippen LogP) is 1.02. The second-order valence-corrected chi connectivity index (χ2v) is 5.94. The molecule has 8 heteroatoms. The number of amides is 2. The van der Waals surface area contributed by atoms with Crippen molar-refractivity contribution >= 4 is 18.0 Å². The molecular weight excluding hydrogens is 322 g/mol. The first-order valence-corrected chi connectivity index (χ1v) is 8.30. The Kier molecular flexibility index (Phi) is 8.84. The highest BCUT2D eigenvalue weighted by Crippen LogP contribution is 2.05. The van der Waals surface area contributed by atoms with Crippen molar-refractivity contribution in [2.75, 3.05) is 6.54 Å². The van der Waals surface area contributed by atoms with E-state index in [1.807, 2.05) is 37.3 Å². The normalized spacial score (nSPS) is 12.7. The summed E-state index contributed by atoms with van der Waals surface area (Å²) >= 11 is 0.